The normalized spacial score (nSPS) is 11.8. The van der Waals surface area contributed by atoms with Crippen molar-refractivity contribution in [2.24, 2.45) is 11.6 Å². The number of hydrogen-bond donors (Lipinski definition) is 4. The van der Waals surface area contributed by atoms with Gasteiger partial charge in [0.05, 0.1) is 15.7 Å². The van der Waals surface area contributed by atoms with Gasteiger partial charge in [-0.05, 0) is 24.3 Å². The quantitative estimate of drug-likeness (QED) is 0.277. The van der Waals surface area contributed by atoms with Gasteiger partial charge in [0.15, 0.2) is 5.70 Å². The molecule has 23 heavy (non-hydrogen) atoms. The van der Waals surface area contributed by atoms with Crippen LogP contribution in [-0.4, -0.2) is 16.1 Å². The molecule has 0 spiro atoms. The first kappa shape index (κ1) is 17.4. The maximum atomic E-state index is 11.0. The number of rotatable bonds is 5. The van der Waals surface area contributed by atoms with Gasteiger partial charge >= 0.3 is 5.97 Å². The lowest BCUT2D eigenvalue weighted by molar-refractivity contribution is -0.133. The summed E-state index contributed by atoms with van der Waals surface area (Å²) in [5, 5.41) is 10.4. The van der Waals surface area contributed by atoms with Gasteiger partial charge in [-0.1, -0.05) is 47.1 Å². The van der Waals surface area contributed by atoms with Gasteiger partial charge < -0.3 is 16.3 Å². The molecule has 6 nitrogen and oxygen atoms in total. The minimum absolute atomic E-state index is 0.00112. The fourth-order valence-corrected chi connectivity index (χ4v) is 2.75. The van der Waals surface area contributed by atoms with Gasteiger partial charge in [-0.15, -0.1) is 0 Å². The van der Waals surface area contributed by atoms with E-state index in [4.69, 9.17) is 39.9 Å². The highest BCUT2D eigenvalue weighted by atomic mass is 35.5. The number of carboxylic acid groups (broad SMARTS) is 1. The molecule has 0 fully saturated rings. The highest BCUT2D eigenvalue weighted by Gasteiger charge is 2.13. The van der Waals surface area contributed by atoms with Crippen molar-refractivity contribution in [1.29, 1.82) is 0 Å². The molecule has 2 rings (SSSR count). The number of nitrogens with two attached hydrogens (primary N) is 2. The van der Waals surface area contributed by atoms with Crippen LogP contribution in [0.1, 0.15) is 0 Å². The summed E-state index contributed by atoms with van der Waals surface area (Å²) in [5.74, 6) is 3.90. The number of carboxylic acids is 1. The van der Waals surface area contributed by atoms with Crippen LogP contribution in [0.5, 0.6) is 0 Å². The number of aliphatic carboxylic acids is 1. The van der Waals surface area contributed by atoms with E-state index < -0.39 is 5.97 Å². The monoisotopic (exact) mass is 370 g/mol. The first-order valence-electron chi connectivity index (χ1n) is 6.22. The number of thioether (sulfide) groups is 1. The Morgan fingerprint density at radius 2 is 1.96 bits per heavy atom. The van der Waals surface area contributed by atoms with Crippen LogP contribution in [0, 0.1) is 0 Å². The van der Waals surface area contributed by atoms with Crippen molar-refractivity contribution in [2.75, 3.05) is 0 Å². The highest BCUT2D eigenvalue weighted by Crippen LogP contribution is 2.30. The molecule has 0 saturated heterocycles. The Morgan fingerprint density at radius 1 is 1.22 bits per heavy atom. The van der Waals surface area contributed by atoms with Crippen molar-refractivity contribution < 1.29 is 9.90 Å². The summed E-state index contributed by atoms with van der Waals surface area (Å²) in [6.45, 7) is 0. The lowest BCUT2D eigenvalue weighted by Crippen LogP contribution is -2.29. The van der Waals surface area contributed by atoms with Crippen LogP contribution >= 0.6 is 35.0 Å². The Kier molecular flexibility index (Phi) is 5.73. The van der Waals surface area contributed by atoms with E-state index in [-0.39, 0.29) is 10.7 Å². The third kappa shape index (κ3) is 4.29. The molecule has 120 valence electrons. The van der Waals surface area contributed by atoms with Crippen molar-refractivity contribution in [1.82, 2.24) is 10.4 Å². The number of hydrazine groups is 1. The molecule has 0 aliphatic heterocycles. The summed E-state index contributed by atoms with van der Waals surface area (Å²) in [5.41, 5.74) is 8.93. The largest absolute Gasteiger partial charge is 0.476 e. The minimum Gasteiger partial charge on any atom is -0.476 e. The predicted octanol–water partition coefficient (Wildman–Crippen LogP) is 2.82. The molecule has 1 heterocycles. The third-order valence-electron chi connectivity index (χ3n) is 2.76. The highest BCUT2D eigenvalue weighted by molar-refractivity contribution is 8.03. The van der Waals surface area contributed by atoms with Crippen LogP contribution < -0.4 is 17.0 Å². The van der Waals surface area contributed by atoms with Gasteiger partial charge in [0, 0.05) is 5.56 Å². The number of carbonyl (C=O) groups is 1. The molecule has 0 aliphatic rings. The van der Waals surface area contributed by atoms with Crippen molar-refractivity contribution in [2.45, 2.75) is 5.03 Å². The first-order valence-corrected chi connectivity index (χ1v) is 7.79. The molecule has 9 heteroatoms. The second kappa shape index (κ2) is 7.56. The number of pyridine rings is 1. The second-order valence-electron chi connectivity index (χ2n) is 4.28. The van der Waals surface area contributed by atoms with E-state index in [1.165, 1.54) is 0 Å². The third-order valence-corrected chi connectivity index (χ3v) is 4.36. The molecular formula is C14H12Cl2N4O2S. The molecule has 0 saturated carbocycles. The van der Waals surface area contributed by atoms with Crippen LogP contribution in [0.3, 0.4) is 0 Å². The minimum atomic E-state index is -1.25. The van der Waals surface area contributed by atoms with Gasteiger partial charge in [0.2, 0.25) is 0 Å². The van der Waals surface area contributed by atoms with Crippen molar-refractivity contribution >= 4 is 40.9 Å². The standard InChI is InChI=1S/C14H12Cl2N4O2S/c15-8-5-4-7(6-9(8)16)10-2-1-3-11(19-10)23-13(17)12(20-18)14(21)22/h1-6,20H,17-18H2,(H,21,22)/b13-12+. The van der Waals surface area contributed by atoms with Gasteiger partial charge in [-0.3, -0.25) is 5.84 Å². The zero-order chi connectivity index (χ0) is 17.0. The lowest BCUT2D eigenvalue weighted by atomic mass is 10.1. The molecule has 1 aromatic heterocycles. The maximum Gasteiger partial charge on any atom is 0.356 e. The van der Waals surface area contributed by atoms with Gasteiger partial charge in [-0.25, -0.2) is 9.78 Å². The van der Waals surface area contributed by atoms with E-state index in [0.29, 0.717) is 20.8 Å². The number of nitrogens with zero attached hydrogens (tertiary/aromatic N) is 1. The lowest BCUT2D eigenvalue weighted by Gasteiger charge is -2.08. The van der Waals surface area contributed by atoms with Crippen LogP contribution in [0.2, 0.25) is 10.0 Å². The zero-order valence-electron chi connectivity index (χ0n) is 11.6. The van der Waals surface area contributed by atoms with E-state index in [1.807, 2.05) is 0 Å². The van der Waals surface area contributed by atoms with E-state index >= 15 is 0 Å². The average Bonchev–Trinajstić information content (AvgIpc) is 2.50. The number of halogens is 2. The van der Waals surface area contributed by atoms with Gasteiger partial charge in [0.1, 0.15) is 10.1 Å². The maximum absolute atomic E-state index is 11.0. The predicted molar refractivity (Wildman–Crippen MR) is 91.7 cm³/mol. The Labute approximate surface area is 146 Å². The Morgan fingerprint density at radius 3 is 2.57 bits per heavy atom. The molecule has 6 N–H and O–H groups in total. The molecule has 0 aliphatic carbocycles. The average molecular weight is 371 g/mol. The molecule has 2 aromatic rings. The molecular weight excluding hydrogens is 359 g/mol. The number of benzene rings is 1. The SMILES string of the molecule is NN/C(C(=O)O)=C(\N)Sc1cccc(-c2ccc(Cl)c(Cl)c2)n1. The van der Waals surface area contributed by atoms with Crippen LogP contribution in [-0.2, 0) is 4.79 Å². The van der Waals surface area contributed by atoms with E-state index in [9.17, 15) is 4.79 Å². The Hall–Kier alpha value is -1.93. The summed E-state index contributed by atoms with van der Waals surface area (Å²) in [4.78, 5) is 15.4. The molecule has 0 amide bonds. The summed E-state index contributed by atoms with van der Waals surface area (Å²) < 4.78 is 0. The number of hydrogen-bond acceptors (Lipinski definition) is 6. The van der Waals surface area contributed by atoms with Crippen LogP contribution in [0.15, 0.2) is 52.2 Å². The van der Waals surface area contributed by atoms with Gasteiger partial charge in [-0.2, -0.15) is 0 Å². The van der Waals surface area contributed by atoms with Crippen LogP contribution in [0.25, 0.3) is 11.3 Å². The first-order chi connectivity index (χ1) is 10.9. The zero-order valence-corrected chi connectivity index (χ0v) is 13.9. The van der Waals surface area contributed by atoms with E-state index in [1.54, 1.807) is 36.4 Å². The smallest absolute Gasteiger partial charge is 0.356 e. The van der Waals surface area contributed by atoms with Crippen molar-refractivity contribution in [3.63, 3.8) is 0 Å². The topological polar surface area (TPSA) is 114 Å². The second-order valence-corrected chi connectivity index (χ2v) is 6.16. The molecule has 0 atom stereocenters. The molecule has 1 aromatic carbocycles. The van der Waals surface area contributed by atoms with E-state index in [2.05, 4.69) is 10.4 Å². The molecule has 0 radical (unpaired) electrons. The van der Waals surface area contributed by atoms with Crippen molar-refractivity contribution in [3.8, 4) is 11.3 Å². The fourth-order valence-electron chi connectivity index (χ4n) is 1.69. The summed E-state index contributed by atoms with van der Waals surface area (Å²) in [6.07, 6.45) is 0. The number of nitrogens with one attached hydrogen (secondary N) is 1. The summed E-state index contributed by atoms with van der Waals surface area (Å²) in [7, 11) is 0. The summed E-state index contributed by atoms with van der Waals surface area (Å²) in [6, 6.07) is 10.4. The summed E-state index contributed by atoms with van der Waals surface area (Å²) >= 11 is 12.9. The van der Waals surface area contributed by atoms with Gasteiger partial charge in [0.25, 0.3) is 0 Å². The number of aromatic nitrogens is 1. The molecule has 0 unspecified atom stereocenters. The fraction of sp³-hybridized carbons (Fsp3) is 0. The molecule has 0 bridgehead atoms. The Bertz CT molecular complexity index is 783. The Balaban J connectivity index is 2.33. The van der Waals surface area contributed by atoms with Crippen LogP contribution in [0.4, 0.5) is 0 Å². The van der Waals surface area contributed by atoms with Crippen molar-refractivity contribution in [3.05, 3.63) is 57.2 Å². The van der Waals surface area contributed by atoms with E-state index in [0.717, 1.165) is 17.3 Å².